The lowest BCUT2D eigenvalue weighted by atomic mass is 10.1. The van der Waals surface area contributed by atoms with E-state index in [4.69, 9.17) is 0 Å². The van der Waals surface area contributed by atoms with Gasteiger partial charge in [-0.25, -0.2) is 0 Å². The highest BCUT2D eigenvalue weighted by atomic mass is 79.9. The second-order valence-electron chi connectivity index (χ2n) is 7.10. The smallest absolute Gasteiger partial charge is 0.104 e. The van der Waals surface area contributed by atoms with E-state index in [-0.39, 0.29) is 39.3 Å². The first-order chi connectivity index (χ1) is 17.6. The maximum Gasteiger partial charge on any atom is 0.104 e. The third kappa shape index (κ3) is 46.0. The molecule has 3 N–H and O–H groups in total. The zero-order chi connectivity index (χ0) is 29.4. The van der Waals surface area contributed by atoms with Crippen molar-refractivity contribution in [2.45, 2.75) is 71.1 Å². The summed E-state index contributed by atoms with van der Waals surface area (Å²) in [5.74, 6) is 0. The lowest BCUT2D eigenvalue weighted by Crippen LogP contribution is -3.08. The minimum atomic E-state index is -4.24. The fraction of sp³-hybridized carbons (Fsp3) is 1.00. The van der Waals surface area contributed by atoms with E-state index < -0.39 is 7.60 Å². The van der Waals surface area contributed by atoms with Gasteiger partial charge in [-0.05, 0) is 12.6 Å². The Morgan fingerprint density at radius 2 is 0.684 bits per heavy atom. The molecule has 0 unspecified atom stereocenters. The Kier molecular flexibility index (Phi) is 49.5. The van der Waals surface area contributed by atoms with Crippen molar-refractivity contribution in [3.63, 3.8) is 0 Å². The minimum absolute atomic E-state index is 0. The normalized spacial score (nSPS) is 10.7. The van der Waals surface area contributed by atoms with E-state index in [1.54, 1.807) is 0 Å². The molecule has 0 saturated carbocycles. The Morgan fingerprint density at radius 1 is 0.474 bits per heavy atom. The Hall–Kier alpha value is 0.150. The third-order valence-corrected chi connectivity index (χ3v) is 5.15. The van der Waals surface area contributed by atoms with Gasteiger partial charge in [0.25, 0.3) is 0 Å². The van der Waals surface area contributed by atoms with Crippen molar-refractivity contribution in [2.75, 3.05) is 70.2 Å². The summed E-state index contributed by atoms with van der Waals surface area (Å²) >= 11 is 0. The molecule has 38 heavy (non-hydrogen) atoms. The summed E-state index contributed by atoms with van der Waals surface area (Å²) in [5, 5.41) is 0.542. The largest absolute Gasteiger partial charge is 1.00 e. The van der Waals surface area contributed by atoms with E-state index in [0.717, 1.165) is 12.8 Å². The van der Waals surface area contributed by atoms with E-state index in [1.807, 2.05) is 0 Å². The summed E-state index contributed by atoms with van der Waals surface area (Å²) in [6.07, 6.45) is 11.3. The van der Waals surface area contributed by atoms with Crippen LogP contribution in [0.1, 0.15) is 71.1 Å². The highest BCUT2D eigenvalue weighted by Crippen LogP contribution is 2.25. The molecule has 0 heterocycles. The monoisotopic (exact) mass is 651 g/mol. The Labute approximate surface area is 240 Å². The molecule has 0 atom stereocenters. The summed E-state index contributed by atoms with van der Waals surface area (Å²) in [4.78, 5) is 61.4. The molecule has 0 bridgehead atoms. The molecule has 238 valence electrons. The molecule has 0 aliphatic carbocycles. The first-order valence-corrected chi connectivity index (χ1v) is 13.8. The molecule has 0 aliphatic rings. The van der Waals surface area contributed by atoms with Gasteiger partial charge in [-0.3, -0.25) is 0 Å². The van der Waals surface area contributed by atoms with Crippen LogP contribution in [0.15, 0.2) is 0 Å². The molecule has 17 heteroatoms. The number of hydrogen-bond donors (Lipinski definition) is 3. The maximum atomic E-state index is 10.3. The lowest BCUT2D eigenvalue weighted by molar-refractivity contribution is -1.36. The lowest BCUT2D eigenvalue weighted by Gasteiger charge is -2.29. The highest BCUT2D eigenvalue weighted by molar-refractivity contribution is 7.48. The van der Waals surface area contributed by atoms with Crippen LogP contribution < -0.4 is 42.9 Å². The number of unbranched alkanes of at least 4 members (excludes halogenated alkanes) is 9. The molecule has 0 saturated heterocycles. The van der Waals surface area contributed by atoms with Crippen molar-refractivity contribution in [2.24, 2.45) is 0 Å². The number of hydrogen-bond acceptors (Lipinski definition) is 12. The zero-order valence-corrected chi connectivity index (χ0v) is 27.5. The number of nitrogens with one attached hydrogen (secondary N) is 3. The van der Waals surface area contributed by atoms with Crippen LogP contribution in [0.5, 0.6) is 0 Å². The van der Waals surface area contributed by atoms with Gasteiger partial charge in [-0.15, -0.1) is 43.5 Å². The second kappa shape index (κ2) is 39.3. The average molecular weight is 653 g/mol. The topological polar surface area (TPSA) is 160 Å². The summed E-state index contributed by atoms with van der Waals surface area (Å²) in [6, 6.07) is 0. The molecule has 0 radical (unpaired) electrons. The van der Waals surface area contributed by atoms with Crippen molar-refractivity contribution in [1.82, 2.24) is 0 Å². The molecule has 15 nitrogen and oxygen atoms in total. The molecule has 0 amide bonds. The molecule has 0 fully saturated rings. The first-order valence-electron chi connectivity index (χ1n) is 12.1. The van der Waals surface area contributed by atoms with Gasteiger partial charge >= 0.3 is 0 Å². The Bertz CT molecular complexity index is 403. The molecule has 0 aliphatic heterocycles. The van der Waals surface area contributed by atoms with Gasteiger partial charge in [0, 0.05) is 0 Å². The average Bonchev–Trinajstić information content (AvgIpc) is 2.89. The molecular weight excluding hydrogens is 597 g/mol. The summed E-state index contributed by atoms with van der Waals surface area (Å²) < 4.78 is 10.3. The Morgan fingerprint density at radius 3 is 0.842 bits per heavy atom. The molecule has 0 spiro atoms. The Balaban J connectivity index is -0.000000139. The van der Waals surface area contributed by atoms with E-state index in [1.165, 1.54) is 109 Å². The van der Waals surface area contributed by atoms with Crippen LogP contribution >= 0.6 is 7.60 Å². The highest BCUT2D eigenvalue weighted by Gasteiger charge is 2.00. The minimum Gasteiger partial charge on any atom is -1.00 e. The quantitative estimate of drug-likeness (QED) is 0.0659. The van der Waals surface area contributed by atoms with Crippen LogP contribution in [0.2, 0.25) is 0 Å². The standard InChI is InChI=1S/C12H27O3P.3C3H10NO3.BrH/c1-2-3-4-5-6-7-8-9-10-11-12-16(13,14)15;3*1-5-4(6-2)7-3;/h2-12H2,1H3,(H2,13,14,15);3*4H,1-3H3;1H/q;3*+1;/p-3. The van der Waals surface area contributed by atoms with Crippen LogP contribution in [0.3, 0.4) is 0 Å². The van der Waals surface area contributed by atoms with E-state index in [0.29, 0.717) is 6.42 Å². The molecule has 0 rings (SSSR count). The van der Waals surface area contributed by atoms with E-state index in [9.17, 15) is 14.4 Å². The number of quaternary nitrogens is 3. The van der Waals surface area contributed by atoms with Gasteiger partial charge < -0.3 is 31.3 Å². The van der Waals surface area contributed by atoms with Crippen LogP contribution in [0.25, 0.3) is 0 Å². The van der Waals surface area contributed by atoms with Crippen molar-refractivity contribution >= 4 is 7.60 Å². The molecule has 0 aromatic heterocycles. The van der Waals surface area contributed by atoms with Crippen molar-refractivity contribution in [1.29, 1.82) is 0 Å². The van der Waals surface area contributed by atoms with Gasteiger partial charge in [-0.2, -0.15) is 0 Å². The van der Waals surface area contributed by atoms with E-state index in [2.05, 4.69) is 50.5 Å². The predicted octanol–water partition coefficient (Wildman–Crippen LogP) is -4.51. The SMILES string of the molecule is CCCCCCCCCCCCP(=O)([O-])[O-].CO[NH+](OC)OC.CO[NH+](OC)OC.CO[NH+](OC)OC.[Br-]. The fourth-order valence-electron chi connectivity index (χ4n) is 2.54. The van der Waals surface area contributed by atoms with Crippen molar-refractivity contribution in [3.8, 4) is 0 Å². The summed E-state index contributed by atoms with van der Waals surface area (Å²) in [7, 11) is 9.03. The third-order valence-electron chi connectivity index (χ3n) is 4.29. The first kappa shape index (κ1) is 47.9. The van der Waals surface area contributed by atoms with Crippen LogP contribution in [0.4, 0.5) is 0 Å². The number of halogens is 1. The van der Waals surface area contributed by atoms with E-state index >= 15 is 0 Å². The van der Waals surface area contributed by atoms with Gasteiger partial charge in [0.05, 0.1) is 16.2 Å². The fourth-order valence-corrected chi connectivity index (χ4v) is 3.15. The van der Waals surface area contributed by atoms with Gasteiger partial charge in [0.1, 0.15) is 64.0 Å². The summed E-state index contributed by atoms with van der Waals surface area (Å²) in [5.41, 5.74) is 0. The molecule has 0 aromatic carbocycles. The zero-order valence-electron chi connectivity index (χ0n) is 25.0. The second-order valence-corrected chi connectivity index (χ2v) is 8.77. The van der Waals surface area contributed by atoms with Crippen LogP contribution in [0, 0.1) is 0 Å². The van der Waals surface area contributed by atoms with Crippen LogP contribution in [-0.2, 0) is 48.1 Å². The molecule has 0 aromatic rings. The van der Waals surface area contributed by atoms with Gasteiger partial charge in [0.15, 0.2) is 0 Å². The van der Waals surface area contributed by atoms with Crippen molar-refractivity contribution < 1.29 is 91.0 Å². The molecular formula is C21H55BrN3O12P. The summed E-state index contributed by atoms with van der Waals surface area (Å²) in [6.45, 7) is 2.21. The van der Waals surface area contributed by atoms with Gasteiger partial charge in [-0.1, -0.05) is 72.3 Å². The predicted molar refractivity (Wildman–Crippen MR) is 130 cm³/mol. The van der Waals surface area contributed by atoms with Gasteiger partial charge in [0.2, 0.25) is 0 Å². The number of rotatable bonds is 20. The van der Waals surface area contributed by atoms with Crippen molar-refractivity contribution in [3.05, 3.63) is 0 Å². The maximum absolute atomic E-state index is 10.3. The van der Waals surface area contributed by atoms with Crippen LogP contribution in [-0.4, -0.2) is 70.2 Å².